The van der Waals surface area contributed by atoms with Gasteiger partial charge in [-0.05, 0) is 18.2 Å². The largest absolute Gasteiger partial charge is 0.416 e. The van der Waals surface area contributed by atoms with Crippen molar-refractivity contribution < 1.29 is 26.7 Å². The molecule has 0 saturated heterocycles. The van der Waals surface area contributed by atoms with Crippen molar-refractivity contribution in [1.82, 2.24) is 19.7 Å². The van der Waals surface area contributed by atoms with Crippen LogP contribution < -0.4 is 4.74 Å². The van der Waals surface area contributed by atoms with Crippen LogP contribution in [0.25, 0.3) is 22.8 Å². The number of benzene rings is 1. The first kappa shape index (κ1) is 16.8. The number of nitrogens with zero attached hydrogens (tertiary/aromatic N) is 4. The SMILES string of the molecule is Cn1c(-c2ccc(F)cc2F)nnc1-c1cc(F)cnc1OC(F)F. The number of hydrogen-bond acceptors (Lipinski definition) is 4. The molecule has 3 rings (SSSR count). The first-order chi connectivity index (χ1) is 11.9. The molecule has 0 aliphatic rings. The summed E-state index contributed by atoms with van der Waals surface area (Å²) in [4.78, 5) is 3.47. The van der Waals surface area contributed by atoms with Gasteiger partial charge in [-0.15, -0.1) is 10.2 Å². The highest BCUT2D eigenvalue weighted by atomic mass is 19.3. The molecule has 0 aliphatic carbocycles. The van der Waals surface area contributed by atoms with Gasteiger partial charge < -0.3 is 9.30 Å². The third-order valence-corrected chi connectivity index (χ3v) is 3.31. The summed E-state index contributed by atoms with van der Waals surface area (Å²) >= 11 is 0. The summed E-state index contributed by atoms with van der Waals surface area (Å²) in [5.74, 6) is -3.12. The molecule has 0 aliphatic heterocycles. The maximum Gasteiger partial charge on any atom is 0.388 e. The molecule has 25 heavy (non-hydrogen) atoms. The van der Waals surface area contributed by atoms with Crippen LogP contribution >= 0.6 is 0 Å². The quantitative estimate of drug-likeness (QED) is 0.671. The van der Waals surface area contributed by atoms with Crippen molar-refractivity contribution in [2.24, 2.45) is 7.05 Å². The maximum atomic E-state index is 13.9. The fourth-order valence-corrected chi connectivity index (χ4v) is 2.23. The molecule has 0 radical (unpaired) electrons. The van der Waals surface area contributed by atoms with Crippen LogP contribution in [0.15, 0.2) is 30.5 Å². The van der Waals surface area contributed by atoms with Crippen molar-refractivity contribution in [2.45, 2.75) is 6.61 Å². The summed E-state index contributed by atoms with van der Waals surface area (Å²) in [6, 6.07) is 3.74. The molecule has 0 saturated carbocycles. The molecule has 3 aromatic rings. The van der Waals surface area contributed by atoms with Gasteiger partial charge in [0.15, 0.2) is 11.6 Å². The predicted molar refractivity (Wildman–Crippen MR) is 76.2 cm³/mol. The number of ether oxygens (including phenoxy) is 1. The zero-order valence-electron chi connectivity index (χ0n) is 12.6. The van der Waals surface area contributed by atoms with Gasteiger partial charge in [0, 0.05) is 13.1 Å². The fourth-order valence-electron chi connectivity index (χ4n) is 2.23. The Morgan fingerprint density at radius 1 is 0.960 bits per heavy atom. The monoisotopic (exact) mass is 356 g/mol. The lowest BCUT2D eigenvalue weighted by Gasteiger charge is -2.10. The van der Waals surface area contributed by atoms with Crippen LogP contribution in [-0.4, -0.2) is 26.4 Å². The average molecular weight is 356 g/mol. The van der Waals surface area contributed by atoms with Crippen molar-refractivity contribution in [2.75, 3.05) is 0 Å². The van der Waals surface area contributed by atoms with Crippen LogP contribution in [0.3, 0.4) is 0 Å². The van der Waals surface area contributed by atoms with E-state index in [2.05, 4.69) is 19.9 Å². The first-order valence-corrected chi connectivity index (χ1v) is 6.82. The Balaban J connectivity index is 2.12. The van der Waals surface area contributed by atoms with Gasteiger partial charge in [-0.2, -0.15) is 8.78 Å². The van der Waals surface area contributed by atoms with Crippen LogP contribution in [0.5, 0.6) is 5.88 Å². The third kappa shape index (κ3) is 3.28. The van der Waals surface area contributed by atoms with E-state index in [1.807, 2.05) is 0 Å². The summed E-state index contributed by atoms with van der Waals surface area (Å²) in [6.07, 6.45) is 0.706. The van der Waals surface area contributed by atoms with Crippen LogP contribution in [0.4, 0.5) is 22.0 Å². The number of pyridine rings is 1. The number of rotatable bonds is 4. The number of halogens is 5. The molecule has 0 N–H and O–H groups in total. The Hall–Kier alpha value is -3.04. The van der Waals surface area contributed by atoms with E-state index in [-0.39, 0.29) is 22.8 Å². The third-order valence-electron chi connectivity index (χ3n) is 3.31. The molecule has 0 fully saturated rings. The molecule has 0 unspecified atom stereocenters. The Labute approximate surface area is 137 Å². The van der Waals surface area contributed by atoms with Gasteiger partial charge in [-0.3, -0.25) is 0 Å². The lowest BCUT2D eigenvalue weighted by molar-refractivity contribution is -0.0525. The van der Waals surface area contributed by atoms with E-state index < -0.39 is 29.9 Å². The second kappa shape index (κ2) is 6.46. The Morgan fingerprint density at radius 3 is 2.28 bits per heavy atom. The average Bonchev–Trinajstić information content (AvgIpc) is 2.90. The molecule has 0 amide bonds. The molecule has 1 aromatic carbocycles. The fraction of sp³-hybridized carbons (Fsp3) is 0.133. The maximum absolute atomic E-state index is 13.9. The second-order valence-electron chi connectivity index (χ2n) is 4.92. The molecule has 0 spiro atoms. The summed E-state index contributed by atoms with van der Waals surface area (Å²) < 4.78 is 70.9. The molecular weight excluding hydrogens is 347 g/mol. The van der Waals surface area contributed by atoms with Gasteiger partial charge >= 0.3 is 6.61 Å². The van der Waals surface area contributed by atoms with E-state index in [4.69, 9.17) is 0 Å². The van der Waals surface area contributed by atoms with E-state index in [0.29, 0.717) is 12.3 Å². The second-order valence-corrected chi connectivity index (χ2v) is 4.92. The van der Waals surface area contributed by atoms with Crippen molar-refractivity contribution >= 4 is 0 Å². The van der Waals surface area contributed by atoms with Gasteiger partial charge in [-0.1, -0.05) is 0 Å². The van der Waals surface area contributed by atoms with Crippen LogP contribution in [0.2, 0.25) is 0 Å². The Bertz CT molecular complexity index is 928. The topological polar surface area (TPSA) is 52.8 Å². The lowest BCUT2D eigenvalue weighted by atomic mass is 10.2. The minimum atomic E-state index is -3.18. The summed E-state index contributed by atoms with van der Waals surface area (Å²) in [5.41, 5.74) is -0.257. The van der Waals surface area contributed by atoms with Crippen molar-refractivity contribution in [3.63, 3.8) is 0 Å². The van der Waals surface area contributed by atoms with E-state index in [1.165, 1.54) is 11.6 Å². The van der Waals surface area contributed by atoms with Crippen molar-refractivity contribution in [3.05, 3.63) is 47.9 Å². The normalized spacial score (nSPS) is 11.2. The van der Waals surface area contributed by atoms with Crippen molar-refractivity contribution in [1.29, 1.82) is 0 Å². The van der Waals surface area contributed by atoms with Gasteiger partial charge in [0.2, 0.25) is 5.88 Å². The first-order valence-electron chi connectivity index (χ1n) is 6.82. The zero-order chi connectivity index (χ0) is 18.1. The number of aromatic nitrogens is 4. The zero-order valence-corrected chi connectivity index (χ0v) is 12.6. The van der Waals surface area contributed by atoms with Gasteiger partial charge in [0.05, 0.1) is 17.3 Å². The summed E-state index contributed by atoms with van der Waals surface area (Å²) in [6.45, 7) is -3.18. The highest BCUT2D eigenvalue weighted by molar-refractivity contribution is 5.66. The Morgan fingerprint density at radius 2 is 1.64 bits per heavy atom. The molecule has 130 valence electrons. The molecule has 2 heterocycles. The molecule has 10 heteroatoms. The Kier molecular flexibility index (Phi) is 4.34. The number of hydrogen-bond donors (Lipinski definition) is 0. The van der Waals surface area contributed by atoms with Crippen molar-refractivity contribution in [3.8, 4) is 28.7 Å². The smallest absolute Gasteiger partial charge is 0.388 e. The highest BCUT2D eigenvalue weighted by Crippen LogP contribution is 2.31. The minimum Gasteiger partial charge on any atom is -0.416 e. The molecule has 0 bridgehead atoms. The van der Waals surface area contributed by atoms with Gasteiger partial charge in [-0.25, -0.2) is 18.2 Å². The highest BCUT2D eigenvalue weighted by Gasteiger charge is 2.21. The lowest BCUT2D eigenvalue weighted by Crippen LogP contribution is -2.07. The van der Waals surface area contributed by atoms with Crippen LogP contribution in [0.1, 0.15) is 0 Å². The molecule has 2 aromatic heterocycles. The van der Waals surface area contributed by atoms with E-state index in [1.54, 1.807) is 0 Å². The number of alkyl halides is 2. The van der Waals surface area contributed by atoms with Gasteiger partial charge in [0.25, 0.3) is 0 Å². The van der Waals surface area contributed by atoms with Crippen LogP contribution in [-0.2, 0) is 7.05 Å². The van der Waals surface area contributed by atoms with Gasteiger partial charge in [0.1, 0.15) is 17.5 Å². The van der Waals surface area contributed by atoms with E-state index in [9.17, 15) is 22.0 Å². The van der Waals surface area contributed by atoms with E-state index in [0.717, 1.165) is 18.2 Å². The summed E-state index contributed by atoms with van der Waals surface area (Å²) in [7, 11) is 1.41. The molecule has 0 atom stereocenters. The van der Waals surface area contributed by atoms with E-state index >= 15 is 0 Å². The predicted octanol–water partition coefficient (Wildman–Crippen LogP) is 3.56. The summed E-state index contributed by atoms with van der Waals surface area (Å²) in [5, 5.41) is 7.52. The molecule has 5 nitrogen and oxygen atoms in total. The molecular formula is C15H9F5N4O. The minimum absolute atomic E-state index is 0.0141. The van der Waals surface area contributed by atoms with Crippen LogP contribution in [0, 0.1) is 17.5 Å². The standard InChI is InChI=1S/C15H9F5N4O/c1-24-12(9-3-2-7(16)5-11(9)18)22-23-13(24)10-4-8(17)6-21-14(10)25-15(19)20/h2-6,15H,1H3.